The average molecular weight is 802 g/mol. The Kier molecular flexibility index (Phi) is 12.3. The predicted octanol–water partition coefficient (Wildman–Crippen LogP) is 6.20. The fourth-order valence-corrected chi connectivity index (χ4v) is 8.73. The highest BCUT2D eigenvalue weighted by Gasteiger charge is 2.52. The van der Waals surface area contributed by atoms with Crippen LogP contribution in [0.4, 0.5) is 0 Å². The van der Waals surface area contributed by atoms with E-state index in [1.54, 1.807) is 46.8 Å². The summed E-state index contributed by atoms with van der Waals surface area (Å²) in [6.45, 7) is 12.7. The molecular weight excluding hydrogens is 746 g/mol. The first kappa shape index (κ1) is 42.7. The van der Waals surface area contributed by atoms with Crippen LogP contribution >= 0.6 is 0 Å². The molecule has 4 N–H and O–H groups in total. The fraction of sp³-hybridized carbons (Fsp3) is 0.545. The minimum absolute atomic E-state index is 0.00152. The molecule has 312 valence electrons. The minimum atomic E-state index is -1.97. The Morgan fingerprint density at radius 2 is 1.64 bits per heavy atom. The van der Waals surface area contributed by atoms with E-state index in [1.807, 2.05) is 0 Å². The van der Waals surface area contributed by atoms with Gasteiger partial charge < -0.3 is 39.3 Å². The van der Waals surface area contributed by atoms with Crippen LogP contribution in [0.2, 0.25) is 0 Å². The number of ether oxygens (including phenoxy) is 4. The molecule has 1 aromatic carbocycles. The van der Waals surface area contributed by atoms with Gasteiger partial charge in [-0.1, -0.05) is 65.2 Å². The maximum Gasteiger partial charge on any atom is 0.312 e. The lowest BCUT2D eigenvalue weighted by atomic mass is 9.78. The number of allylic oxidation sites excluding steroid dienone is 2. The van der Waals surface area contributed by atoms with E-state index in [2.05, 4.69) is 9.98 Å². The van der Waals surface area contributed by atoms with Crippen molar-refractivity contribution in [3.05, 3.63) is 64.3 Å². The number of benzene rings is 1. The number of aromatic hydroxyl groups is 1. The number of aromatic nitrogens is 2. The molecule has 14 heteroatoms. The molecule has 9 atom stereocenters. The molecule has 2 aliphatic heterocycles. The third-order valence-electron chi connectivity index (χ3n) is 12.4. The lowest BCUT2D eigenvalue weighted by Crippen LogP contribution is -2.46. The van der Waals surface area contributed by atoms with Gasteiger partial charge in [0.05, 0.1) is 47.1 Å². The number of aromatic amines is 1. The zero-order valence-corrected chi connectivity index (χ0v) is 34.6. The Morgan fingerprint density at radius 1 is 0.948 bits per heavy atom. The molecule has 4 aliphatic rings. The number of phenols is 1. The molecule has 2 aromatic rings. The molecule has 0 radical (unpaired) electrons. The maximum absolute atomic E-state index is 14.6. The van der Waals surface area contributed by atoms with Crippen molar-refractivity contribution < 1.29 is 53.4 Å². The van der Waals surface area contributed by atoms with Gasteiger partial charge in [0, 0.05) is 67.2 Å². The van der Waals surface area contributed by atoms with Gasteiger partial charge in [0.2, 0.25) is 5.78 Å². The van der Waals surface area contributed by atoms with E-state index in [1.165, 1.54) is 46.3 Å². The second-order valence-corrected chi connectivity index (χ2v) is 16.5. The highest BCUT2D eigenvalue weighted by Crippen LogP contribution is 2.52. The molecule has 58 heavy (non-hydrogen) atoms. The second kappa shape index (κ2) is 16.7. The summed E-state index contributed by atoms with van der Waals surface area (Å²) in [6.07, 6.45) is 8.60. The monoisotopic (exact) mass is 801 g/mol. The van der Waals surface area contributed by atoms with Crippen LogP contribution in [0.5, 0.6) is 11.5 Å². The topological polar surface area (TPSA) is 207 Å². The van der Waals surface area contributed by atoms with Crippen LogP contribution in [-0.2, 0) is 23.8 Å². The normalized spacial score (nSPS) is 33.0. The number of phenolic OH excluding ortho intramolecular Hbond substituents is 1. The number of methoxy groups -OCH3 is 1. The minimum Gasteiger partial charge on any atom is -0.507 e. The van der Waals surface area contributed by atoms with Crippen molar-refractivity contribution in [1.82, 2.24) is 9.97 Å². The first-order valence-electron chi connectivity index (χ1n) is 20.1. The smallest absolute Gasteiger partial charge is 0.312 e. The number of amides is 1. The largest absolute Gasteiger partial charge is 0.507 e. The molecule has 1 saturated carbocycles. The third kappa shape index (κ3) is 7.69. The van der Waals surface area contributed by atoms with E-state index < -0.39 is 83.1 Å². The number of rotatable bonds is 3. The van der Waals surface area contributed by atoms with Crippen LogP contribution in [-0.4, -0.2) is 91.8 Å². The van der Waals surface area contributed by atoms with Crippen LogP contribution in [0, 0.1) is 30.6 Å². The van der Waals surface area contributed by atoms with Gasteiger partial charge in [-0.2, -0.15) is 0 Å². The number of imidazole rings is 1. The number of aliphatic hydroxyl groups excluding tert-OH is 2. The lowest BCUT2D eigenvalue weighted by Gasteiger charge is -2.38. The number of aliphatic imine (C=N–C) groups is 1. The number of hydrogen-bond donors (Lipinski definition) is 4. The van der Waals surface area contributed by atoms with E-state index in [-0.39, 0.29) is 56.6 Å². The number of Topliss-reactive ketones (excluding diaryl/α,β-unsaturated/α-hetero) is 2. The van der Waals surface area contributed by atoms with Crippen LogP contribution in [0.25, 0.3) is 11.3 Å². The molecule has 6 rings (SSSR count). The Hall–Kier alpha value is -4.92. The second-order valence-electron chi connectivity index (χ2n) is 16.5. The number of H-pyrrole nitrogens is 1. The molecule has 0 unspecified atom stereocenters. The van der Waals surface area contributed by atoms with Crippen LogP contribution in [0.15, 0.2) is 41.1 Å². The molecule has 1 fully saturated rings. The van der Waals surface area contributed by atoms with Gasteiger partial charge in [-0.3, -0.25) is 19.2 Å². The Labute approximate surface area is 338 Å². The van der Waals surface area contributed by atoms with Crippen molar-refractivity contribution in [1.29, 1.82) is 0 Å². The number of carbonyl (C=O) groups excluding carboxylic acids is 4. The van der Waals surface area contributed by atoms with Crippen LogP contribution in [0.3, 0.4) is 0 Å². The van der Waals surface area contributed by atoms with Crippen molar-refractivity contribution in [2.24, 2.45) is 28.7 Å². The van der Waals surface area contributed by atoms with Crippen molar-refractivity contribution in [3.8, 4) is 22.8 Å². The van der Waals surface area contributed by atoms with Crippen molar-refractivity contribution in [3.63, 3.8) is 0 Å². The average Bonchev–Trinajstić information content (AvgIpc) is 3.76. The molecule has 2 aliphatic carbocycles. The molecule has 1 amide bonds. The zero-order valence-electron chi connectivity index (χ0n) is 34.6. The standard InChI is InChI=1S/C44H55N3O11/c1-20-14-13-15-21(2)43(54)47-34-33-32(45-42(46-33)27-16-11-10-12-17-27)29-30(38(34)52)37(51)25(6)40-31(29)41(53)44(8,58-40)56-19-18-28(55-9)22(3)39(57-26(7)48)24(5)36(50)23(4)35(20)49/h13-15,18-20,22-24,27-28,35-36,39,49-51H,10-12,16-17H2,1-9H3,(H,45,46)/b14-13+,19-18+,21-15+,47-34?/t20-,22+,23+,24+,28-,35-,36+,39+,44-/m0/s1. The highest BCUT2D eigenvalue weighted by molar-refractivity contribution is 6.56. The van der Waals surface area contributed by atoms with Crippen molar-refractivity contribution >= 4 is 29.2 Å². The SMILES string of the molecule is CO[C@H]1/C=C/O[C@@]2(C)Oc3c(C)c(O)c4c(c3C2=O)-c2nc(C3CCCCC3)[nH]c2C(=NC(=O)/C(C)=C/C=C/[C@H](C)[C@H](O)[C@@H](C)[C@@H](O)[C@@H](C)[C@H](OC(C)=O)[C@@H]1C)C4=O. The summed E-state index contributed by atoms with van der Waals surface area (Å²) in [6, 6.07) is 0. The van der Waals surface area contributed by atoms with Gasteiger partial charge in [0.1, 0.15) is 29.1 Å². The number of fused-ring (bicyclic) bond motifs is 4. The summed E-state index contributed by atoms with van der Waals surface area (Å²) in [5, 5.41) is 34.5. The molecule has 5 bridgehead atoms. The van der Waals surface area contributed by atoms with E-state index >= 15 is 0 Å². The molecule has 0 saturated heterocycles. The number of nitrogens with zero attached hydrogens (tertiary/aromatic N) is 2. The molecule has 14 nitrogen and oxygen atoms in total. The van der Waals surface area contributed by atoms with Gasteiger partial charge in [0.15, 0.2) is 0 Å². The van der Waals surface area contributed by atoms with Crippen LogP contribution in [0.1, 0.15) is 124 Å². The Balaban J connectivity index is 1.52. The first-order chi connectivity index (χ1) is 27.4. The summed E-state index contributed by atoms with van der Waals surface area (Å²) < 4.78 is 23.8. The molecule has 0 spiro atoms. The van der Waals surface area contributed by atoms with Gasteiger partial charge in [-0.25, -0.2) is 9.98 Å². The number of aliphatic hydroxyl groups is 2. The van der Waals surface area contributed by atoms with Crippen LogP contribution < -0.4 is 4.74 Å². The van der Waals surface area contributed by atoms with Crippen molar-refractivity contribution in [2.45, 2.75) is 124 Å². The van der Waals surface area contributed by atoms with Gasteiger partial charge in [0.25, 0.3) is 11.7 Å². The Bertz CT molecular complexity index is 2110. The van der Waals surface area contributed by atoms with Gasteiger partial charge >= 0.3 is 11.8 Å². The quantitative estimate of drug-likeness (QED) is 0.256. The number of nitrogens with one attached hydrogen (secondary N) is 1. The molecule has 3 heterocycles. The summed E-state index contributed by atoms with van der Waals surface area (Å²) in [5.74, 6) is -6.85. The summed E-state index contributed by atoms with van der Waals surface area (Å²) in [7, 11) is 1.46. The van der Waals surface area contributed by atoms with Crippen molar-refractivity contribution in [2.75, 3.05) is 7.11 Å². The Morgan fingerprint density at radius 3 is 2.29 bits per heavy atom. The number of hydrogen-bond acceptors (Lipinski definition) is 12. The van der Waals surface area contributed by atoms with Gasteiger partial charge in [-0.05, 0) is 32.8 Å². The summed E-state index contributed by atoms with van der Waals surface area (Å²) in [5.41, 5.74) is 0.245. The van der Waals surface area contributed by atoms with Gasteiger partial charge in [-0.15, -0.1) is 0 Å². The zero-order chi connectivity index (χ0) is 42.4. The van der Waals surface area contributed by atoms with E-state index in [0.717, 1.165) is 32.1 Å². The van der Waals surface area contributed by atoms with E-state index in [4.69, 9.17) is 23.9 Å². The number of esters is 1. The summed E-state index contributed by atoms with van der Waals surface area (Å²) in [4.78, 5) is 67.7. The number of carbonyl (C=O) groups is 4. The first-order valence-corrected chi connectivity index (χ1v) is 20.1. The predicted molar refractivity (Wildman–Crippen MR) is 214 cm³/mol. The van der Waals surface area contributed by atoms with E-state index in [9.17, 15) is 34.5 Å². The lowest BCUT2D eigenvalue weighted by molar-refractivity contribution is -0.160. The maximum atomic E-state index is 14.6. The fourth-order valence-electron chi connectivity index (χ4n) is 8.73. The highest BCUT2D eigenvalue weighted by atomic mass is 16.7. The summed E-state index contributed by atoms with van der Waals surface area (Å²) >= 11 is 0. The number of ketones is 2. The molecular formula is C44H55N3O11. The molecule has 1 aromatic heterocycles. The third-order valence-corrected chi connectivity index (χ3v) is 12.4. The van der Waals surface area contributed by atoms with E-state index in [0.29, 0.717) is 5.82 Å².